The van der Waals surface area contributed by atoms with E-state index in [1.807, 2.05) is 31.2 Å². The van der Waals surface area contributed by atoms with Gasteiger partial charge in [-0.2, -0.15) is 0 Å². The van der Waals surface area contributed by atoms with E-state index in [1.54, 1.807) is 0 Å². The number of aromatic nitrogens is 1. The zero-order valence-electron chi connectivity index (χ0n) is 15.5. The molecule has 3 aromatic rings. The van der Waals surface area contributed by atoms with Gasteiger partial charge < -0.3 is 19.6 Å². The van der Waals surface area contributed by atoms with E-state index >= 15 is 0 Å². The Balaban J connectivity index is 0.00000261. The maximum atomic E-state index is 8.71. The number of aliphatic hydroxyl groups is 1. The molecule has 0 amide bonds. The molecule has 0 spiro atoms. The van der Waals surface area contributed by atoms with Crippen molar-refractivity contribution in [1.82, 2.24) is 4.98 Å². The molecular weight excluding hydrogens is 362 g/mol. The molecule has 0 radical (unpaired) electrons. The van der Waals surface area contributed by atoms with Crippen molar-refractivity contribution >= 4 is 12.4 Å². The van der Waals surface area contributed by atoms with Gasteiger partial charge in [0.25, 0.3) is 0 Å². The number of rotatable bonds is 9. The SMILES string of the molecule is Cc1ccc(-c2ccc(Oc3ccc(CCOCCCO)cc3)cc2)[nH]1.Cl. The van der Waals surface area contributed by atoms with Gasteiger partial charge in [0.05, 0.1) is 6.61 Å². The molecule has 1 aromatic heterocycles. The lowest BCUT2D eigenvalue weighted by Gasteiger charge is -2.08. The van der Waals surface area contributed by atoms with Gasteiger partial charge in [-0.25, -0.2) is 0 Å². The van der Waals surface area contributed by atoms with Crippen molar-refractivity contribution in [2.45, 2.75) is 19.8 Å². The number of aliphatic hydroxyl groups excluding tert-OH is 1. The molecule has 0 saturated carbocycles. The first kappa shape index (κ1) is 21.0. The third-order valence-corrected chi connectivity index (χ3v) is 4.14. The smallest absolute Gasteiger partial charge is 0.127 e. The summed E-state index contributed by atoms with van der Waals surface area (Å²) in [6.45, 7) is 3.50. The molecule has 0 unspecified atom stereocenters. The monoisotopic (exact) mass is 387 g/mol. The number of nitrogens with one attached hydrogen (secondary N) is 1. The van der Waals surface area contributed by atoms with Crippen LogP contribution in [0.2, 0.25) is 0 Å². The molecule has 3 rings (SSSR count). The molecule has 0 atom stereocenters. The molecule has 2 aromatic carbocycles. The van der Waals surface area contributed by atoms with Crippen LogP contribution in [-0.4, -0.2) is 29.9 Å². The number of hydrogen-bond acceptors (Lipinski definition) is 3. The second-order valence-corrected chi connectivity index (χ2v) is 6.26. The van der Waals surface area contributed by atoms with Crippen LogP contribution < -0.4 is 4.74 Å². The standard InChI is InChI=1S/C22H25NO3.ClH/c1-17-3-12-22(23-17)19-6-10-21(11-7-19)26-20-8-4-18(5-9-20)13-16-25-15-2-14-24;/h3-12,23-24H,2,13-16H2,1H3;1H. The lowest BCUT2D eigenvalue weighted by molar-refractivity contribution is 0.118. The zero-order chi connectivity index (χ0) is 18.2. The lowest BCUT2D eigenvalue weighted by atomic mass is 10.1. The van der Waals surface area contributed by atoms with Gasteiger partial charge in [-0.1, -0.05) is 12.1 Å². The lowest BCUT2D eigenvalue weighted by Crippen LogP contribution is -2.01. The fourth-order valence-electron chi connectivity index (χ4n) is 2.69. The van der Waals surface area contributed by atoms with Crippen LogP contribution in [0.1, 0.15) is 17.7 Å². The second kappa shape index (κ2) is 10.8. The Morgan fingerprint density at radius 3 is 2.11 bits per heavy atom. The first-order valence-corrected chi connectivity index (χ1v) is 8.96. The molecule has 4 nitrogen and oxygen atoms in total. The number of hydrogen-bond donors (Lipinski definition) is 2. The highest BCUT2D eigenvalue weighted by Gasteiger charge is 2.02. The van der Waals surface area contributed by atoms with Crippen LogP contribution in [0.4, 0.5) is 0 Å². The molecule has 0 aliphatic carbocycles. The minimum atomic E-state index is 0. The normalized spacial score (nSPS) is 10.4. The Hall–Kier alpha value is -2.27. The largest absolute Gasteiger partial charge is 0.457 e. The fraction of sp³-hybridized carbons (Fsp3) is 0.273. The van der Waals surface area contributed by atoms with E-state index in [9.17, 15) is 0 Å². The van der Waals surface area contributed by atoms with Crippen molar-refractivity contribution in [3.05, 3.63) is 71.9 Å². The molecule has 5 heteroatoms. The summed E-state index contributed by atoms with van der Waals surface area (Å²) in [6.07, 6.45) is 1.55. The van der Waals surface area contributed by atoms with E-state index in [0.29, 0.717) is 19.6 Å². The number of halogens is 1. The molecular formula is C22H26ClNO3. The van der Waals surface area contributed by atoms with E-state index in [-0.39, 0.29) is 19.0 Å². The summed E-state index contributed by atoms with van der Waals surface area (Å²) in [5, 5.41) is 8.71. The summed E-state index contributed by atoms with van der Waals surface area (Å²) < 4.78 is 11.4. The van der Waals surface area contributed by atoms with Crippen LogP contribution in [-0.2, 0) is 11.2 Å². The molecule has 0 saturated heterocycles. The summed E-state index contributed by atoms with van der Waals surface area (Å²) >= 11 is 0. The number of H-pyrrole nitrogens is 1. The minimum Gasteiger partial charge on any atom is -0.457 e. The van der Waals surface area contributed by atoms with Gasteiger partial charge in [-0.15, -0.1) is 12.4 Å². The van der Waals surface area contributed by atoms with E-state index in [0.717, 1.165) is 34.9 Å². The van der Waals surface area contributed by atoms with E-state index < -0.39 is 0 Å². The number of benzene rings is 2. The van der Waals surface area contributed by atoms with Crippen molar-refractivity contribution in [3.63, 3.8) is 0 Å². The average Bonchev–Trinajstić information content (AvgIpc) is 3.10. The molecule has 1 heterocycles. The summed E-state index contributed by atoms with van der Waals surface area (Å²) in [5.41, 5.74) is 4.61. The number of ether oxygens (including phenoxy) is 2. The number of aryl methyl sites for hydroxylation is 1. The Morgan fingerprint density at radius 1 is 0.852 bits per heavy atom. The molecule has 0 aliphatic rings. The summed E-state index contributed by atoms with van der Waals surface area (Å²) in [5.74, 6) is 1.63. The van der Waals surface area contributed by atoms with Crippen LogP contribution >= 0.6 is 12.4 Å². The third-order valence-electron chi connectivity index (χ3n) is 4.14. The van der Waals surface area contributed by atoms with E-state index in [1.165, 1.54) is 5.56 Å². The van der Waals surface area contributed by atoms with E-state index in [4.69, 9.17) is 14.6 Å². The van der Waals surface area contributed by atoms with Gasteiger partial charge in [0.2, 0.25) is 0 Å². The Bertz CT molecular complexity index is 797. The Kier molecular flexibility index (Phi) is 8.40. The van der Waals surface area contributed by atoms with Crippen molar-refractivity contribution < 1.29 is 14.6 Å². The van der Waals surface area contributed by atoms with Crippen LogP contribution in [0.25, 0.3) is 11.3 Å². The van der Waals surface area contributed by atoms with Crippen molar-refractivity contribution in [3.8, 4) is 22.8 Å². The predicted molar refractivity (Wildman–Crippen MR) is 111 cm³/mol. The molecule has 0 bridgehead atoms. The summed E-state index contributed by atoms with van der Waals surface area (Å²) in [7, 11) is 0. The highest BCUT2D eigenvalue weighted by atomic mass is 35.5. The van der Waals surface area contributed by atoms with Crippen LogP contribution in [0, 0.1) is 6.92 Å². The van der Waals surface area contributed by atoms with Gasteiger partial charge in [0.1, 0.15) is 11.5 Å². The molecule has 2 N–H and O–H groups in total. The second-order valence-electron chi connectivity index (χ2n) is 6.26. The van der Waals surface area contributed by atoms with Gasteiger partial charge in [-0.3, -0.25) is 0 Å². The Labute approximate surface area is 166 Å². The highest BCUT2D eigenvalue weighted by Crippen LogP contribution is 2.25. The number of aromatic amines is 1. The summed E-state index contributed by atoms with van der Waals surface area (Å²) in [6, 6.07) is 20.3. The van der Waals surface area contributed by atoms with Crippen LogP contribution in [0.15, 0.2) is 60.7 Å². The van der Waals surface area contributed by atoms with Gasteiger partial charge >= 0.3 is 0 Å². The molecule has 0 fully saturated rings. The first-order valence-electron chi connectivity index (χ1n) is 8.96. The molecule has 144 valence electrons. The van der Waals surface area contributed by atoms with Crippen LogP contribution in [0.3, 0.4) is 0 Å². The molecule has 0 aliphatic heterocycles. The quantitative estimate of drug-likeness (QED) is 0.499. The highest BCUT2D eigenvalue weighted by molar-refractivity contribution is 5.85. The van der Waals surface area contributed by atoms with Crippen molar-refractivity contribution in [2.75, 3.05) is 19.8 Å². The first-order chi connectivity index (χ1) is 12.7. The predicted octanol–water partition coefficient (Wildman–Crippen LogP) is 5.15. The zero-order valence-corrected chi connectivity index (χ0v) is 16.3. The van der Waals surface area contributed by atoms with Gasteiger partial charge in [-0.05, 0) is 79.4 Å². The average molecular weight is 388 g/mol. The fourth-order valence-corrected chi connectivity index (χ4v) is 2.69. The summed E-state index contributed by atoms with van der Waals surface area (Å²) in [4.78, 5) is 3.33. The maximum Gasteiger partial charge on any atom is 0.127 e. The minimum absolute atomic E-state index is 0. The molecule has 27 heavy (non-hydrogen) atoms. The maximum absolute atomic E-state index is 8.71. The van der Waals surface area contributed by atoms with Crippen LogP contribution in [0.5, 0.6) is 11.5 Å². The Morgan fingerprint density at radius 2 is 1.52 bits per heavy atom. The topological polar surface area (TPSA) is 54.5 Å². The van der Waals surface area contributed by atoms with Crippen molar-refractivity contribution in [2.24, 2.45) is 0 Å². The van der Waals surface area contributed by atoms with Gasteiger partial charge in [0.15, 0.2) is 0 Å². The van der Waals surface area contributed by atoms with Crippen molar-refractivity contribution in [1.29, 1.82) is 0 Å². The third kappa shape index (κ3) is 6.43. The van der Waals surface area contributed by atoms with Gasteiger partial charge in [0, 0.05) is 24.6 Å². The van der Waals surface area contributed by atoms with E-state index in [2.05, 4.69) is 41.4 Å².